The fourth-order valence-corrected chi connectivity index (χ4v) is 2.87. The predicted molar refractivity (Wildman–Crippen MR) is 73.0 cm³/mol. The van der Waals surface area contributed by atoms with Crippen molar-refractivity contribution < 1.29 is 0 Å². The molecule has 2 heterocycles. The Morgan fingerprint density at radius 1 is 1.47 bits per heavy atom. The summed E-state index contributed by atoms with van der Waals surface area (Å²) >= 11 is 3.50. The van der Waals surface area contributed by atoms with Crippen LogP contribution >= 0.6 is 15.9 Å². The molecule has 2 aromatic rings. The van der Waals surface area contributed by atoms with Gasteiger partial charge in [-0.15, -0.1) is 0 Å². The maximum atomic E-state index is 6.04. The average Bonchev–Trinajstić information content (AvgIpc) is 2.65. The Morgan fingerprint density at radius 3 is 3.12 bits per heavy atom. The van der Waals surface area contributed by atoms with Gasteiger partial charge in [0, 0.05) is 17.1 Å². The minimum absolute atomic E-state index is 0.419. The number of hydrogen-bond acceptors (Lipinski definition) is 3. The Balaban J connectivity index is 2.13. The van der Waals surface area contributed by atoms with E-state index in [4.69, 9.17) is 5.73 Å². The molecule has 0 saturated carbocycles. The third-order valence-electron chi connectivity index (χ3n) is 3.31. The number of nitrogens with zero attached hydrogens (tertiary/aromatic N) is 2. The maximum absolute atomic E-state index is 6.04. The number of imidazole rings is 1. The number of nitrogens with two attached hydrogens (primary N) is 1. The van der Waals surface area contributed by atoms with Crippen molar-refractivity contribution in [3.05, 3.63) is 22.7 Å². The quantitative estimate of drug-likeness (QED) is 0.849. The molecule has 5 heteroatoms. The molecule has 1 atom stereocenters. The summed E-state index contributed by atoms with van der Waals surface area (Å²) in [6.07, 6.45) is 2.35. The number of aromatic nitrogens is 2. The zero-order chi connectivity index (χ0) is 11.8. The molecule has 1 aliphatic rings. The lowest BCUT2D eigenvalue weighted by molar-refractivity contribution is 0.381. The molecule has 3 rings (SSSR count). The van der Waals surface area contributed by atoms with Crippen LogP contribution < -0.4 is 11.1 Å². The first-order chi connectivity index (χ1) is 8.25. The van der Waals surface area contributed by atoms with Crippen LogP contribution in [-0.2, 0) is 0 Å². The number of anilines is 1. The highest BCUT2D eigenvalue weighted by Gasteiger charge is 2.19. The lowest BCUT2D eigenvalue weighted by atomic mass is 10.1. The summed E-state index contributed by atoms with van der Waals surface area (Å²) in [6, 6.07) is 6.51. The van der Waals surface area contributed by atoms with E-state index in [1.54, 1.807) is 0 Å². The molecule has 1 aromatic heterocycles. The average molecular weight is 295 g/mol. The van der Waals surface area contributed by atoms with E-state index in [-0.39, 0.29) is 0 Å². The number of rotatable bonds is 1. The van der Waals surface area contributed by atoms with Crippen LogP contribution in [0.4, 0.5) is 5.95 Å². The summed E-state index contributed by atoms with van der Waals surface area (Å²) in [7, 11) is 0. The van der Waals surface area contributed by atoms with Crippen LogP contribution in [0.15, 0.2) is 22.7 Å². The summed E-state index contributed by atoms with van der Waals surface area (Å²) in [6.45, 7) is 2.08. The number of nitrogen functional groups attached to an aromatic ring is 1. The number of fused-ring (bicyclic) bond motifs is 1. The second-order valence-corrected chi connectivity index (χ2v) is 5.39. The number of piperidine rings is 1. The SMILES string of the molecule is Nc1nc2ccc(Br)cc2n1C1CCCNC1. The molecule has 17 heavy (non-hydrogen) atoms. The maximum Gasteiger partial charge on any atom is 0.201 e. The Bertz CT molecular complexity index is 543. The molecule has 0 aliphatic carbocycles. The molecule has 1 aromatic carbocycles. The fraction of sp³-hybridized carbons (Fsp3) is 0.417. The number of hydrogen-bond donors (Lipinski definition) is 2. The second-order valence-electron chi connectivity index (χ2n) is 4.47. The number of halogens is 1. The van der Waals surface area contributed by atoms with Gasteiger partial charge >= 0.3 is 0 Å². The largest absolute Gasteiger partial charge is 0.369 e. The highest BCUT2D eigenvalue weighted by Crippen LogP contribution is 2.28. The molecule has 1 saturated heterocycles. The van der Waals surface area contributed by atoms with Gasteiger partial charge in [0.2, 0.25) is 5.95 Å². The lowest BCUT2D eigenvalue weighted by Crippen LogP contribution is -2.32. The van der Waals surface area contributed by atoms with Crippen LogP contribution in [-0.4, -0.2) is 22.6 Å². The first-order valence-electron chi connectivity index (χ1n) is 5.89. The van der Waals surface area contributed by atoms with Crippen LogP contribution in [0.2, 0.25) is 0 Å². The third-order valence-corrected chi connectivity index (χ3v) is 3.81. The summed E-state index contributed by atoms with van der Waals surface area (Å²) in [5.41, 5.74) is 8.13. The zero-order valence-electron chi connectivity index (χ0n) is 9.49. The van der Waals surface area contributed by atoms with Crippen molar-refractivity contribution in [2.24, 2.45) is 0 Å². The minimum atomic E-state index is 0.419. The molecule has 0 radical (unpaired) electrons. The van der Waals surface area contributed by atoms with Gasteiger partial charge < -0.3 is 15.6 Å². The van der Waals surface area contributed by atoms with Crippen LogP contribution in [0, 0.1) is 0 Å². The molecular weight excluding hydrogens is 280 g/mol. The van der Waals surface area contributed by atoms with Gasteiger partial charge in [0.25, 0.3) is 0 Å². The van der Waals surface area contributed by atoms with Gasteiger partial charge in [-0.25, -0.2) is 4.98 Å². The van der Waals surface area contributed by atoms with Crippen LogP contribution in [0.1, 0.15) is 18.9 Å². The number of benzene rings is 1. The minimum Gasteiger partial charge on any atom is -0.369 e. The van der Waals surface area contributed by atoms with Gasteiger partial charge in [0.05, 0.1) is 11.0 Å². The van der Waals surface area contributed by atoms with Crippen LogP contribution in [0.25, 0.3) is 11.0 Å². The van der Waals surface area contributed by atoms with E-state index in [1.807, 2.05) is 12.1 Å². The van der Waals surface area contributed by atoms with Crippen molar-refractivity contribution in [2.45, 2.75) is 18.9 Å². The topological polar surface area (TPSA) is 55.9 Å². The Hall–Kier alpha value is -1.07. The van der Waals surface area contributed by atoms with Crippen molar-refractivity contribution in [3.63, 3.8) is 0 Å². The fourth-order valence-electron chi connectivity index (χ4n) is 2.52. The molecule has 1 aliphatic heterocycles. The Labute approximate surface area is 108 Å². The van der Waals surface area contributed by atoms with E-state index < -0.39 is 0 Å². The highest BCUT2D eigenvalue weighted by molar-refractivity contribution is 9.10. The Kier molecular flexibility index (Phi) is 2.80. The van der Waals surface area contributed by atoms with Crippen molar-refractivity contribution in [2.75, 3.05) is 18.8 Å². The first-order valence-corrected chi connectivity index (χ1v) is 6.68. The molecule has 0 bridgehead atoms. The monoisotopic (exact) mass is 294 g/mol. The van der Waals surface area contributed by atoms with Gasteiger partial charge in [0.15, 0.2) is 0 Å². The van der Waals surface area contributed by atoms with Crippen molar-refractivity contribution in [3.8, 4) is 0 Å². The van der Waals surface area contributed by atoms with Crippen molar-refractivity contribution in [1.29, 1.82) is 0 Å². The third kappa shape index (κ3) is 1.93. The summed E-state index contributed by atoms with van der Waals surface area (Å²) < 4.78 is 3.22. The molecule has 0 amide bonds. The lowest BCUT2D eigenvalue weighted by Gasteiger charge is -2.25. The van der Waals surface area contributed by atoms with E-state index in [1.165, 1.54) is 6.42 Å². The van der Waals surface area contributed by atoms with Crippen molar-refractivity contribution >= 4 is 32.9 Å². The van der Waals surface area contributed by atoms with E-state index >= 15 is 0 Å². The normalized spacial score (nSPS) is 20.9. The van der Waals surface area contributed by atoms with E-state index in [2.05, 4.69) is 36.9 Å². The predicted octanol–water partition coefficient (Wildman–Crippen LogP) is 2.31. The Morgan fingerprint density at radius 2 is 2.35 bits per heavy atom. The molecule has 3 N–H and O–H groups in total. The van der Waals surface area contributed by atoms with Crippen LogP contribution in [0.3, 0.4) is 0 Å². The van der Waals surface area contributed by atoms with E-state index in [9.17, 15) is 0 Å². The van der Waals surface area contributed by atoms with Gasteiger partial charge in [-0.05, 0) is 37.6 Å². The summed E-state index contributed by atoms with van der Waals surface area (Å²) in [4.78, 5) is 4.42. The standard InChI is InChI=1S/C12H15BrN4/c13-8-3-4-10-11(6-8)17(12(14)16-10)9-2-1-5-15-7-9/h3-4,6,9,15H,1-2,5,7H2,(H2,14,16). The highest BCUT2D eigenvalue weighted by atomic mass is 79.9. The second kappa shape index (κ2) is 4.31. The van der Waals surface area contributed by atoms with Gasteiger partial charge in [-0.1, -0.05) is 15.9 Å². The van der Waals surface area contributed by atoms with E-state index in [0.717, 1.165) is 35.0 Å². The molecule has 90 valence electrons. The molecular formula is C12H15BrN4. The number of nitrogens with one attached hydrogen (secondary N) is 1. The smallest absolute Gasteiger partial charge is 0.201 e. The van der Waals surface area contributed by atoms with Gasteiger partial charge in [-0.2, -0.15) is 0 Å². The van der Waals surface area contributed by atoms with E-state index in [0.29, 0.717) is 12.0 Å². The molecule has 1 unspecified atom stereocenters. The molecule has 4 nitrogen and oxygen atoms in total. The van der Waals surface area contributed by atoms with Crippen molar-refractivity contribution in [1.82, 2.24) is 14.9 Å². The summed E-state index contributed by atoms with van der Waals surface area (Å²) in [5, 5.41) is 3.41. The first kappa shape index (κ1) is 11.0. The van der Waals surface area contributed by atoms with Gasteiger partial charge in [0.1, 0.15) is 0 Å². The molecule has 0 spiro atoms. The molecule has 1 fully saturated rings. The van der Waals surface area contributed by atoms with Gasteiger partial charge in [-0.3, -0.25) is 0 Å². The van der Waals surface area contributed by atoms with Crippen LogP contribution in [0.5, 0.6) is 0 Å². The zero-order valence-corrected chi connectivity index (χ0v) is 11.1. The summed E-state index contributed by atoms with van der Waals surface area (Å²) in [5.74, 6) is 0.617.